The minimum atomic E-state index is -0.531. The number of anilines is 1. The maximum Gasteiger partial charge on any atom is 0.260 e. The van der Waals surface area contributed by atoms with E-state index in [0.717, 1.165) is 0 Å². The van der Waals surface area contributed by atoms with Crippen molar-refractivity contribution in [1.82, 2.24) is 4.90 Å². The number of hydrogen-bond donors (Lipinski definition) is 1. The van der Waals surface area contributed by atoms with Crippen LogP contribution in [0.2, 0.25) is 0 Å². The first-order valence-electron chi connectivity index (χ1n) is 9.56. The van der Waals surface area contributed by atoms with Crippen molar-refractivity contribution < 1.29 is 28.2 Å². The number of amides is 2. The van der Waals surface area contributed by atoms with Crippen molar-refractivity contribution in [2.24, 2.45) is 5.92 Å². The van der Waals surface area contributed by atoms with Gasteiger partial charge in [0.2, 0.25) is 12.7 Å². The van der Waals surface area contributed by atoms with E-state index in [1.807, 2.05) is 0 Å². The summed E-state index contributed by atoms with van der Waals surface area (Å²) in [7, 11) is 0. The summed E-state index contributed by atoms with van der Waals surface area (Å²) < 4.78 is 30.3. The fraction of sp³-hybridized carbons (Fsp3) is 0.333. The number of piperidine rings is 1. The zero-order chi connectivity index (χ0) is 21.1. The number of rotatable bonds is 5. The van der Waals surface area contributed by atoms with Crippen LogP contribution in [0.4, 0.5) is 10.1 Å². The highest BCUT2D eigenvalue weighted by Crippen LogP contribution is 2.34. The first-order valence-corrected chi connectivity index (χ1v) is 10.3. The minimum Gasteiger partial charge on any atom is -0.481 e. The van der Waals surface area contributed by atoms with Gasteiger partial charge in [0.05, 0.1) is 0 Å². The molecule has 2 aromatic carbocycles. The average molecular weight is 479 g/mol. The van der Waals surface area contributed by atoms with Crippen LogP contribution in [0.5, 0.6) is 17.2 Å². The van der Waals surface area contributed by atoms with E-state index in [-0.39, 0.29) is 36.9 Å². The van der Waals surface area contributed by atoms with Crippen LogP contribution < -0.4 is 19.5 Å². The standard InChI is InChI=1S/C21H20BrFN2O5/c22-14-1-3-17(16(23)9-14)28-11-20(26)25-7-5-13(6-8-25)21(27)24-15-2-4-18-19(10-15)30-12-29-18/h1-4,9-10,13H,5-8,11-12H2,(H,24,27). The fourth-order valence-corrected chi connectivity index (χ4v) is 3.77. The second kappa shape index (κ2) is 8.91. The van der Waals surface area contributed by atoms with Crippen molar-refractivity contribution in [2.75, 3.05) is 31.8 Å². The lowest BCUT2D eigenvalue weighted by Crippen LogP contribution is -2.43. The lowest BCUT2D eigenvalue weighted by molar-refractivity contribution is -0.136. The average Bonchev–Trinajstić information content (AvgIpc) is 3.21. The van der Waals surface area contributed by atoms with Crippen LogP contribution >= 0.6 is 15.9 Å². The molecule has 9 heteroatoms. The third kappa shape index (κ3) is 4.67. The molecule has 0 aliphatic carbocycles. The van der Waals surface area contributed by atoms with Gasteiger partial charge < -0.3 is 24.4 Å². The number of halogens is 2. The van der Waals surface area contributed by atoms with Crippen molar-refractivity contribution in [3.05, 3.63) is 46.7 Å². The monoisotopic (exact) mass is 478 g/mol. The normalized spacial score (nSPS) is 15.7. The molecule has 7 nitrogen and oxygen atoms in total. The Kier molecular flexibility index (Phi) is 6.08. The van der Waals surface area contributed by atoms with Crippen LogP contribution in [0.25, 0.3) is 0 Å². The number of carbonyl (C=O) groups is 2. The summed E-state index contributed by atoms with van der Waals surface area (Å²) in [6, 6.07) is 9.66. The molecule has 0 atom stereocenters. The number of benzene rings is 2. The summed E-state index contributed by atoms with van der Waals surface area (Å²) in [6.45, 7) is 0.832. The summed E-state index contributed by atoms with van der Waals surface area (Å²) in [5.74, 6) is 0.256. The SMILES string of the molecule is O=C(Nc1ccc2c(c1)OCO2)C1CCN(C(=O)COc2ccc(Br)cc2F)CC1. The van der Waals surface area contributed by atoms with Crippen LogP contribution in [-0.2, 0) is 9.59 Å². The molecule has 2 aliphatic heterocycles. The smallest absolute Gasteiger partial charge is 0.260 e. The molecule has 158 valence electrons. The topological polar surface area (TPSA) is 77.1 Å². The van der Waals surface area contributed by atoms with Gasteiger partial charge in [0.15, 0.2) is 29.7 Å². The third-order valence-corrected chi connectivity index (χ3v) is 5.60. The highest BCUT2D eigenvalue weighted by atomic mass is 79.9. The number of carbonyl (C=O) groups excluding carboxylic acids is 2. The van der Waals surface area contributed by atoms with E-state index in [1.165, 1.54) is 12.1 Å². The number of ether oxygens (including phenoxy) is 3. The van der Waals surface area contributed by atoms with Gasteiger partial charge in [-0.15, -0.1) is 0 Å². The predicted octanol–water partition coefficient (Wildman–Crippen LogP) is 3.57. The van der Waals surface area contributed by atoms with Crippen LogP contribution in [0, 0.1) is 11.7 Å². The molecule has 2 aromatic rings. The molecule has 2 amide bonds. The highest BCUT2D eigenvalue weighted by Gasteiger charge is 2.28. The molecule has 0 unspecified atom stereocenters. The zero-order valence-electron chi connectivity index (χ0n) is 16.0. The largest absolute Gasteiger partial charge is 0.481 e. The lowest BCUT2D eigenvalue weighted by Gasteiger charge is -2.31. The van der Waals surface area contributed by atoms with E-state index in [2.05, 4.69) is 21.2 Å². The molecule has 0 saturated carbocycles. The van der Waals surface area contributed by atoms with Crippen LogP contribution in [-0.4, -0.2) is 43.2 Å². The van der Waals surface area contributed by atoms with E-state index in [0.29, 0.717) is 47.6 Å². The second-order valence-electron chi connectivity index (χ2n) is 7.08. The van der Waals surface area contributed by atoms with E-state index in [4.69, 9.17) is 14.2 Å². The summed E-state index contributed by atoms with van der Waals surface area (Å²) in [4.78, 5) is 26.6. The fourth-order valence-electron chi connectivity index (χ4n) is 3.43. The maximum atomic E-state index is 13.8. The van der Waals surface area contributed by atoms with Gasteiger partial charge in [-0.1, -0.05) is 15.9 Å². The van der Waals surface area contributed by atoms with Crippen molar-refractivity contribution in [1.29, 1.82) is 0 Å². The Hall–Kier alpha value is -2.81. The van der Waals surface area contributed by atoms with Gasteiger partial charge in [-0.3, -0.25) is 9.59 Å². The number of likely N-dealkylation sites (tertiary alicyclic amines) is 1. The van der Waals surface area contributed by atoms with Crippen LogP contribution in [0.15, 0.2) is 40.9 Å². The molecule has 0 bridgehead atoms. The number of fused-ring (bicyclic) bond motifs is 1. The third-order valence-electron chi connectivity index (χ3n) is 5.10. The first kappa shape index (κ1) is 20.5. The maximum absolute atomic E-state index is 13.8. The van der Waals surface area contributed by atoms with Crippen molar-refractivity contribution in [3.63, 3.8) is 0 Å². The zero-order valence-corrected chi connectivity index (χ0v) is 17.6. The summed E-state index contributed by atoms with van der Waals surface area (Å²) >= 11 is 3.17. The Labute approximate surface area is 181 Å². The van der Waals surface area contributed by atoms with Gasteiger partial charge in [0.1, 0.15) is 0 Å². The quantitative estimate of drug-likeness (QED) is 0.710. The molecule has 2 aliphatic rings. The predicted molar refractivity (Wildman–Crippen MR) is 110 cm³/mol. The van der Waals surface area contributed by atoms with Crippen molar-refractivity contribution in [2.45, 2.75) is 12.8 Å². The van der Waals surface area contributed by atoms with Gasteiger partial charge in [-0.25, -0.2) is 4.39 Å². The summed E-state index contributed by atoms with van der Waals surface area (Å²) in [6.07, 6.45) is 1.10. The van der Waals surface area contributed by atoms with E-state index >= 15 is 0 Å². The lowest BCUT2D eigenvalue weighted by atomic mass is 9.95. The van der Waals surface area contributed by atoms with Crippen molar-refractivity contribution in [3.8, 4) is 17.2 Å². The Bertz CT molecular complexity index is 962. The first-order chi connectivity index (χ1) is 14.5. The Morgan fingerprint density at radius 2 is 1.90 bits per heavy atom. The van der Waals surface area contributed by atoms with E-state index in [1.54, 1.807) is 29.2 Å². The van der Waals surface area contributed by atoms with Gasteiger partial charge in [0.25, 0.3) is 5.91 Å². The molecule has 0 aromatic heterocycles. The van der Waals surface area contributed by atoms with E-state index < -0.39 is 5.82 Å². The Balaban J connectivity index is 1.25. The molecule has 1 fully saturated rings. The number of hydrogen-bond acceptors (Lipinski definition) is 5. The highest BCUT2D eigenvalue weighted by molar-refractivity contribution is 9.10. The Morgan fingerprint density at radius 3 is 2.67 bits per heavy atom. The molecule has 1 N–H and O–H groups in total. The van der Waals surface area contributed by atoms with Gasteiger partial charge in [-0.05, 0) is 43.2 Å². The summed E-state index contributed by atoms with van der Waals surface area (Å²) in [5, 5.41) is 2.89. The Morgan fingerprint density at radius 1 is 1.13 bits per heavy atom. The molecule has 4 rings (SSSR count). The molecular weight excluding hydrogens is 459 g/mol. The minimum absolute atomic E-state index is 0.0320. The van der Waals surface area contributed by atoms with Gasteiger partial charge in [0, 0.05) is 35.2 Å². The molecule has 30 heavy (non-hydrogen) atoms. The molecule has 1 saturated heterocycles. The van der Waals surface area contributed by atoms with E-state index in [9.17, 15) is 14.0 Å². The molecule has 2 heterocycles. The van der Waals surface area contributed by atoms with Crippen molar-refractivity contribution >= 4 is 33.4 Å². The van der Waals surface area contributed by atoms with Crippen LogP contribution in [0.1, 0.15) is 12.8 Å². The van der Waals surface area contributed by atoms with Gasteiger partial charge >= 0.3 is 0 Å². The number of nitrogens with one attached hydrogen (secondary N) is 1. The number of nitrogens with zero attached hydrogens (tertiary/aromatic N) is 1. The molecule has 0 radical (unpaired) electrons. The summed E-state index contributed by atoms with van der Waals surface area (Å²) in [5.41, 5.74) is 0.646. The molecule has 0 spiro atoms. The molecular formula is C21H20BrFN2O5. The van der Waals surface area contributed by atoms with Crippen LogP contribution in [0.3, 0.4) is 0 Å². The van der Waals surface area contributed by atoms with Gasteiger partial charge in [-0.2, -0.15) is 0 Å². The second-order valence-corrected chi connectivity index (χ2v) is 7.99.